The van der Waals surface area contributed by atoms with Crippen LogP contribution < -0.4 is 10.6 Å². The lowest BCUT2D eigenvalue weighted by atomic mass is 10.1. The minimum Gasteiger partial charge on any atom is -0.387 e. The van der Waals surface area contributed by atoms with E-state index in [0.29, 0.717) is 5.56 Å². The number of carbonyl (C=O) groups is 1. The minimum atomic E-state index is -0.0620. The van der Waals surface area contributed by atoms with E-state index >= 15 is 0 Å². The molecule has 0 bridgehead atoms. The highest BCUT2D eigenvalue weighted by molar-refractivity contribution is 5.99. The molecular weight excluding hydrogens is 164 g/mol. The van der Waals surface area contributed by atoms with Gasteiger partial charge in [-0.15, -0.1) is 0 Å². The quantitative estimate of drug-likeness (QED) is 0.718. The number of anilines is 1. The Hall–Kier alpha value is -1.51. The molecule has 0 aliphatic rings. The van der Waals surface area contributed by atoms with Crippen LogP contribution in [0.5, 0.6) is 0 Å². The summed E-state index contributed by atoms with van der Waals surface area (Å²) >= 11 is 0. The lowest BCUT2D eigenvalue weighted by Crippen LogP contribution is -2.19. The van der Waals surface area contributed by atoms with Gasteiger partial charge in [0, 0.05) is 19.8 Å². The summed E-state index contributed by atoms with van der Waals surface area (Å²) in [5.41, 5.74) is 2.62. The van der Waals surface area contributed by atoms with Gasteiger partial charge in [0.15, 0.2) is 0 Å². The van der Waals surface area contributed by atoms with Crippen LogP contribution in [0.2, 0.25) is 0 Å². The van der Waals surface area contributed by atoms with Crippen molar-refractivity contribution in [2.75, 3.05) is 19.4 Å². The van der Waals surface area contributed by atoms with E-state index in [4.69, 9.17) is 0 Å². The molecule has 0 saturated heterocycles. The standard InChI is InChI=1S/C10H14N2O/c1-7-4-5-9(11-2)8(6-7)10(13)12-3/h4-6,11H,1-3H3,(H,12,13). The molecule has 3 heteroatoms. The van der Waals surface area contributed by atoms with E-state index in [1.54, 1.807) is 14.1 Å². The van der Waals surface area contributed by atoms with E-state index in [0.717, 1.165) is 11.3 Å². The van der Waals surface area contributed by atoms with Crippen LogP contribution >= 0.6 is 0 Å². The molecule has 13 heavy (non-hydrogen) atoms. The van der Waals surface area contributed by atoms with Crippen LogP contribution in [-0.2, 0) is 0 Å². The Labute approximate surface area is 78.2 Å². The van der Waals surface area contributed by atoms with Crippen LogP contribution in [0, 0.1) is 6.92 Å². The zero-order valence-corrected chi connectivity index (χ0v) is 8.14. The molecule has 3 nitrogen and oxygen atoms in total. The number of benzene rings is 1. The molecule has 1 aromatic carbocycles. The molecule has 0 heterocycles. The first kappa shape index (κ1) is 9.58. The van der Waals surface area contributed by atoms with Crippen molar-refractivity contribution in [3.8, 4) is 0 Å². The Balaban J connectivity index is 3.15. The van der Waals surface area contributed by atoms with Crippen molar-refractivity contribution in [3.63, 3.8) is 0 Å². The molecule has 2 N–H and O–H groups in total. The van der Waals surface area contributed by atoms with Gasteiger partial charge in [0.05, 0.1) is 5.56 Å². The highest BCUT2D eigenvalue weighted by Crippen LogP contribution is 2.16. The zero-order valence-electron chi connectivity index (χ0n) is 8.14. The van der Waals surface area contributed by atoms with Crippen molar-refractivity contribution >= 4 is 11.6 Å². The molecule has 70 valence electrons. The van der Waals surface area contributed by atoms with Gasteiger partial charge in [0.1, 0.15) is 0 Å². The molecule has 0 aliphatic carbocycles. The SMILES string of the molecule is CNC(=O)c1cc(C)ccc1NC. The summed E-state index contributed by atoms with van der Waals surface area (Å²) in [6.07, 6.45) is 0. The maximum absolute atomic E-state index is 11.4. The second-order valence-electron chi connectivity index (χ2n) is 2.88. The molecule has 1 rings (SSSR count). The minimum absolute atomic E-state index is 0.0620. The third kappa shape index (κ3) is 1.99. The predicted octanol–water partition coefficient (Wildman–Crippen LogP) is 1.40. The van der Waals surface area contributed by atoms with Crippen molar-refractivity contribution in [1.29, 1.82) is 0 Å². The van der Waals surface area contributed by atoms with Crippen molar-refractivity contribution in [1.82, 2.24) is 5.32 Å². The number of nitrogens with one attached hydrogen (secondary N) is 2. The van der Waals surface area contributed by atoms with Gasteiger partial charge in [0.25, 0.3) is 5.91 Å². The number of carbonyl (C=O) groups excluding carboxylic acids is 1. The van der Waals surface area contributed by atoms with Gasteiger partial charge in [-0.3, -0.25) is 4.79 Å². The first-order valence-electron chi connectivity index (χ1n) is 4.19. The molecule has 0 fully saturated rings. The zero-order chi connectivity index (χ0) is 9.84. The molecule has 1 aromatic rings. The molecule has 1 amide bonds. The molecule has 0 aliphatic heterocycles. The Kier molecular flexibility index (Phi) is 2.90. The maximum atomic E-state index is 11.4. The Morgan fingerprint density at radius 3 is 2.54 bits per heavy atom. The van der Waals surface area contributed by atoms with Gasteiger partial charge >= 0.3 is 0 Å². The number of aryl methyl sites for hydroxylation is 1. The summed E-state index contributed by atoms with van der Waals surface area (Å²) in [5.74, 6) is -0.0620. The third-order valence-corrected chi connectivity index (χ3v) is 1.92. The van der Waals surface area contributed by atoms with Gasteiger partial charge in [-0.25, -0.2) is 0 Å². The average molecular weight is 178 g/mol. The maximum Gasteiger partial charge on any atom is 0.253 e. The normalized spacial score (nSPS) is 9.46. The first-order valence-corrected chi connectivity index (χ1v) is 4.19. The second-order valence-corrected chi connectivity index (χ2v) is 2.88. The molecule has 0 atom stereocenters. The summed E-state index contributed by atoms with van der Waals surface area (Å²) in [7, 11) is 3.43. The smallest absolute Gasteiger partial charge is 0.253 e. The molecule has 0 unspecified atom stereocenters. The number of hydrogen-bond acceptors (Lipinski definition) is 2. The summed E-state index contributed by atoms with van der Waals surface area (Å²) in [4.78, 5) is 11.4. The van der Waals surface area contributed by atoms with Crippen LogP contribution in [0.1, 0.15) is 15.9 Å². The van der Waals surface area contributed by atoms with Crippen LogP contribution in [0.4, 0.5) is 5.69 Å². The Morgan fingerprint density at radius 1 is 1.31 bits per heavy atom. The fraction of sp³-hybridized carbons (Fsp3) is 0.300. The van der Waals surface area contributed by atoms with E-state index in [2.05, 4.69) is 10.6 Å². The van der Waals surface area contributed by atoms with Crippen LogP contribution in [0.15, 0.2) is 18.2 Å². The van der Waals surface area contributed by atoms with E-state index in [-0.39, 0.29) is 5.91 Å². The summed E-state index contributed by atoms with van der Waals surface area (Å²) < 4.78 is 0. The molecule has 0 spiro atoms. The topological polar surface area (TPSA) is 41.1 Å². The highest BCUT2D eigenvalue weighted by Gasteiger charge is 2.08. The first-order chi connectivity index (χ1) is 6.19. The summed E-state index contributed by atoms with van der Waals surface area (Å²) in [6.45, 7) is 1.96. The van der Waals surface area contributed by atoms with Gasteiger partial charge in [-0.2, -0.15) is 0 Å². The van der Waals surface area contributed by atoms with Crippen molar-refractivity contribution in [3.05, 3.63) is 29.3 Å². The van der Waals surface area contributed by atoms with Crippen LogP contribution in [-0.4, -0.2) is 20.0 Å². The van der Waals surface area contributed by atoms with Crippen molar-refractivity contribution < 1.29 is 4.79 Å². The Bertz CT molecular complexity index is 321. The summed E-state index contributed by atoms with van der Waals surface area (Å²) in [5, 5.41) is 5.58. The predicted molar refractivity (Wildman–Crippen MR) is 54.1 cm³/mol. The fourth-order valence-electron chi connectivity index (χ4n) is 1.20. The molecular formula is C10H14N2O. The van der Waals surface area contributed by atoms with E-state index in [1.807, 2.05) is 25.1 Å². The van der Waals surface area contributed by atoms with Crippen molar-refractivity contribution in [2.45, 2.75) is 6.92 Å². The van der Waals surface area contributed by atoms with Crippen LogP contribution in [0.3, 0.4) is 0 Å². The summed E-state index contributed by atoms with van der Waals surface area (Å²) in [6, 6.07) is 5.74. The van der Waals surface area contributed by atoms with E-state index in [1.165, 1.54) is 0 Å². The average Bonchev–Trinajstić information content (AvgIpc) is 2.16. The van der Waals surface area contributed by atoms with Gasteiger partial charge < -0.3 is 10.6 Å². The number of rotatable bonds is 2. The Morgan fingerprint density at radius 2 is 2.00 bits per heavy atom. The lowest BCUT2D eigenvalue weighted by Gasteiger charge is -2.08. The van der Waals surface area contributed by atoms with E-state index < -0.39 is 0 Å². The third-order valence-electron chi connectivity index (χ3n) is 1.92. The van der Waals surface area contributed by atoms with Gasteiger partial charge in [0.2, 0.25) is 0 Å². The molecule has 0 aromatic heterocycles. The molecule has 0 saturated carbocycles. The number of hydrogen-bond donors (Lipinski definition) is 2. The monoisotopic (exact) mass is 178 g/mol. The van der Waals surface area contributed by atoms with Crippen LogP contribution in [0.25, 0.3) is 0 Å². The van der Waals surface area contributed by atoms with Crippen molar-refractivity contribution in [2.24, 2.45) is 0 Å². The van der Waals surface area contributed by atoms with Gasteiger partial charge in [-0.05, 0) is 19.1 Å². The highest BCUT2D eigenvalue weighted by atomic mass is 16.1. The largest absolute Gasteiger partial charge is 0.387 e. The number of amides is 1. The lowest BCUT2D eigenvalue weighted by molar-refractivity contribution is 0.0964. The fourth-order valence-corrected chi connectivity index (χ4v) is 1.20. The second kappa shape index (κ2) is 3.94. The van der Waals surface area contributed by atoms with Gasteiger partial charge in [-0.1, -0.05) is 11.6 Å². The molecule has 0 radical (unpaired) electrons. The van der Waals surface area contributed by atoms with E-state index in [9.17, 15) is 4.79 Å².